The number of nitrogens with zero attached hydrogens (tertiary/aromatic N) is 1. The molecule has 5 atom stereocenters. The molecular formula is C28H51N3O5S4. The lowest BCUT2D eigenvalue weighted by Crippen LogP contribution is -2.45. The second kappa shape index (κ2) is 23.2. The minimum absolute atomic E-state index is 0.133. The van der Waals surface area contributed by atoms with Gasteiger partial charge >= 0.3 is 0 Å². The number of carbonyl (C=O) groups is 2. The van der Waals surface area contributed by atoms with Gasteiger partial charge in [0.25, 0.3) is 0 Å². The molecule has 1 heterocycles. The van der Waals surface area contributed by atoms with Crippen LogP contribution < -0.4 is 10.6 Å². The van der Waals surface area contributed by atoms with Gasteiger partial charge in [0.05, 0.1) is 12.1 Å². The monoisotopic (exact) mass is 637 g/mol. The highest BCUT2D eigenvalue weighted by atomic mass is 33.1. The first kappa shape index (κ1) is 35.9. The van der Waals surface area contributed by atoms with Crippen molar-refractivity contribution in [2.75, 3.05) is 30.4 Å². The Balaban J connectivity index is 1.49. The number of nitrogens with one attached hydrogen (secondary N) is 2. The quantitative estimate of drug-likeness (QED) is 0.0711. The summed E-state index contributed by atoms with van der Waals surface area (Å²) in [6, 6.07) is -0.666. The molecule has 3 N–H and O–H groups in total. The van der Waals surface area contributed by atoms with Crippen LogP contribution in [0.4, 0.5) is 0 Å². The van der Waals surface area contributed by atoms with E-state index in [-0.39, 0.29) is 18.4 Å². The van der Waals surface area contributed by atoms with Crippen LogP contribution >= 0.6 is 45.1 Å². The van der Waals surface area contributed by atoms with E-state index in [1.807, 2.05) is 0 Å². The van der Waals surface area contributed by atoms with E-state index >= 15 is 0 Å². The highest BCUT2D eigenvalue weighted by Crippen LogP contribution is 2.39. The molecule has 1 aliphatic heterocycles. The van der Waals surface area contributed by atoms with Crippen LogP contribution in [-0.2, 0) is 14.4 Å². The highest BCUT2D eigenvalue weighted by Gasteiger charge is 2.25. The van der Waals surface area contributed by atoms with Crippen LogP contribution in [0.2, 0.25) is 0 Å². The third kappa shape index (κ3) is 17.6. The Morgan fingerprint density at radius 3 is 2.45 bits per heavy atom. The Bertz CT molecular complexity index is 707. The summed E-state index contributed by atoms with van der Waals surface area (Å²) in [6.45, 7) is 1.99. The molecule has 232 valence electrons. The summed E-state index contributed by atoms with van der Waals surface area (Å²) in [4.78, 5) is 38.7. The fourth-order valence-electron chi connectivity index (χ4n) is 5.10. The van der Waals surface area contributed by atoms with Crippen molar-refractivity contribution in [1.82, 2.24) is 10.6 Å². The van der Waals surface area contributed by atoms with Gasteiger partial charge in [-0.1, -0.05) is 66.5 Å². The predicted molar refractivity (Wildman–Crippen MR) is 174 cm³/mol. The van der Waals surface area contributed by atoms with E-state index in [0.717, 1.165) is 34.3 Å². The molecule has 2 rings (SSSR count). The Morgan fingerprint density at radius 1 is 0.975 bits per heavy atom. The zero-order valence-electron chi connectivity index (χ0n) is 24.2. The number of aliphatic hydroxyl groups is 1. The molecule has 2 amide bonds. The van der Waals surface area contributed by atoms with Gasteiger partial charge in [0.2, 0.25) is 11.8 Å². The van der Waals surface area contributed by atoms with E-state index in [0.29, 0.717) is 25.1 Å². The molecule has 0 radical (unpaired) electrons. The van der Waals surface area contributed by atoms with E-state index in [4.69, 9.17) is 0 Å². The Morgan fingerprint density at radius 2 is 1.70 bits per heavy atom. The number of fused-ring (bicyclic) bond motifs is 2. The average molecular weight is 638 g/mol. The normalized spacial score (nSPS) is 23.9. The van der Waals surface area contributed by atoms with Crippen molar-refractivity contribution in [3.05, 3.63) is 4.91 Å². The maximum absolute atomic E-state index is 12.3. The minimum atomic E-state index is -0.844. The lowest BCUT2D eigenvalue weighted by Gasteiger charge is -2.30. The molecule has 5 unspecified atom stereocenters. The minimum Gasteiger partial charge on any atom is -0.391 e. The first-order valence-corrected chi connectivity index (χ1v) is 19.7. The zero-order valence-corrected chi connectivity index (χ0v) is 27.5. The second-order valence-electron chi connectivity index (χ2n) is 10.9. The fraction of sp³-hybridized carbons (Fsp3) is 0.929. The van der Waals surface area contributed by atoms with E-state index in [2.05, 4.69) is 44.3 Å². The first-order valence-electron chi connectivity index (χ1n) is 15.2. The topological polar surface area (TPSA) is 117 Å². The van der Waals surface area contributed by atoms with Crippen molar-refractivity contribution in [1.29, 1.82) is 0 Å². The van der Waals surface area contributed by atoms with Crippen LogP contribution in [0.15, 0.2) is 5.34 Å². The maximum Gasteiger partial charge on any atom is 0.221 e. The van der Waals surface area contributed by atoms with Crippen LogP contribution in [-0.4, -0.2) is 75.2 Å². The number of hydrogen-bond donors (Lipinski definition) is 3. The van der Waals surface area contributed by atoms with Gasteiger partial charge in [-0.25, -0.2) is 0 Å². The van der Waals surface area contributed by atoms with Gasteiger partial charge < -0.3 is 20.6 Å². The molecule has 40 heavy (non-hydrogen) atoms. The van der Waals surface area contributed by atoms with Gasteiger partial charge in [-0.2, -0.15) is 23.5 Å². The van der Waals surface area contributed by atoms with Crippen LogP contribution in [0.3, 0.4) is 0 Å². The van der Waals surface area contributed by atoms with E-state index in [9.17, 15) is 19.6 Å². The summed E-state index contributed by atoms with van der Waals surface area (Å²) in [5.74, 6) is 2.61. The standard InChI is InChI=1S/C28H51N3O5S4/c1-22(32)26(21-36-31-35)30-28(34)15-18-38-39-19-16-29-27(33)13-9-8-10-23-14-17-37-24-11-6-4-2-3-5-7-12-25(20-24)40-23/h22-26,32H,2-21H2,1H3,(H,29,33)(H,30,34). The Labute approximate surface area is 257 Å². The van der Waals surface area contributed by atoms with E-state index in [1.165, 1.54) is 83.3 Å². The maximum atomic E-state index is 12.3. The van der Waals surface area contributed by atoms with Gasteiger partial charge in [-0.3, -0.25) is 9.59 Å². The van der Waals surface area contributed by atoms with Gasteiger partial charge in [0.1, 0.15) is 6.61 Å². The van der Waals surface area contributed by atoms with Gasteiger partial charge in [0, 0.05) is 46.6 Å². The zero-order chi connectivity index (χ0) is 28.8. The van der Waals surface area contributed by atoms with Gasteiger partial charge in [-0.15, -0.1) is 4.91 Å². The van der Waals surface area contributed by atoms with Crippen LogP contribution in [0.5, 0.6) is 0 Å². The Kier molecular flexibility index (Phi) is 20.8. The van der Waals surface area contributed by atoms with E-state index < -0.39 is 12.1 Å². The number of unbranched alkanes of at least 4 members (excludes halogenated alkanes) is 1. The SMILES string of the molecule is CC(O)C(CON=O)NC(=O)CCSSCCNC(=O)CCCCC1CCSC2CCCCCCCCC(C2)S1. The third-order valence-corrected chi connectivity index (χ3v) is 12.9. The lowest BCUT2D eigenvalue weighted by molar-refractivity contribution is -0.123. The van der Waals surface area contributed by atoms with Crippen molar-refractivity contribution in [2.24, 2.45) is 5.34 Å². The molecule has 1 saturated heterocycles. The van der Waals surface area contributed by atoms with E-state index in [1.54, 1.807) is 21.6 Å². The van der Waals surface area contributed by atoms with Crippen molar-refractivity contribution >= 4 is 56.9 Å². The molecule has 0 aromatic heterocycles. The summed E-state index contributed by atoms with van der Waals surface area (Å²) in [5.41, 5.74) is 0. The number of hydrogen-bond acceptors (Lipinski definition) is 10. The molecule has 2 bridgehead atoms. The molecule has 1 saturated carbocycles. The number of amides is 2. The molecule has 2 aliphatic rings. The van der Waals surface area contributed by atoms with Crippen molar-refractivity contribution in [3.8, 4) is 0 Å². The summed E-state index contributed by atoms with van der Waals surface area (Å²) >= 11 is 4.52. The molecule has 8 nitrogen and oxygen atoms in total. The summed E-state index contributed by atoms with van der Waals surface area (Å²) in [5, 5.41) is 20.0. The van der Waals surface area contributed by atoms with Crippen molar-refractivity contribution < 1.29 is 19.5 Å². The summed E-state index contributed by atoms with van der Waals surface area (Å²) in [7, 11) is 3.20. The fourth-order valence-corrected chi connectivity index (χ4v) is 10.5. The number of rotatable bonds is 17. The molecular weight excluding hydrogens is 587 g/mol. The second-order valence-corrected chi connectivity index (χ2v) is 16.6. The van der Waals surface area contributed by atoms with Crippen molar-refractivity contribution in [2.45, 2.75) is 131 Å². The number of aliphatic hydroxyl groups excluding tert-OH is 1. The molecule has 0 aromatic carbocycles. The molecule has 1 aliphatic carbocycles. The molecule has 12 heteroatoms. The number of thioether (sulfide) groups is 2. The third-order valence-electron chi connectivity index (χ3n) is 7.43. The molecule has 2 fully saturated rings. The smallest absolute Gasteiger partial charge is 0.221 e. The number of carbonyl (C=O) groups excluding carboxylic acids is 2. The predicted octanol–water partition coefficient (Wildman–Crippen LogP) is 6.50. The Hall–Kier alpha value is -0.300. The highest BCUT2D eigenvalue weighted by molar-refractivity contribution is 8.76. The molecule has 0 aromatic rings. The summed E-state index contributed by atoms with van der Waals surface area (Å²) < 4.78 is 0. The van der Waals surface area contributed by atoms with Crippen LogP contribution in [0, 0.1) is 4.91 Å². The largest absolute Gasteiger partial charge is 0.391 e. The van der Waals surface area contributed by atoms with Gasteiger partial charge in [-0.05, 0) is 51.2 Å². The first-order chi connectivity index (χ1) is 19.5. The van der Waals surface area contributed by atoms with Crippen molar-refractivity contribution in [3.63, 3.8) is 0 Å². The van der Waals surface area contributed by atoms with Crippen LogP contribution in [0.1, 0.15) is 103 Å². The summed E-state index contributed by atoms with van der Waals surface area (Å²) in [6.07, 6.45) is 17.4. The van der Waals surface area contributed by atoms with Crippen LogP contribution in [0.25, 0.3) is 0 Å². The molecule has 0 spiro atoms. The van der Waals surface area contributed by atoms with Gasteiger partial charge in [0.15, 0.2) is 5.34 Å². The lowest BCUT2D eigenvalue weighted by atomic mass is 10.1. The average Bonchev–Trinajstić information content (AvgIpc) is 2.97.